The van der Waals surface area contributed by atoms with Crippen LogP contribution in [0.5, 0.6) is 0 Å². The van der Waals surface area contributed by atoms with Crippen LogP contribution in [0.1, 0.15) is 5.56 Å². The van der Waals surface area contributed by atoms with Crippen LogP contribution in [0.2, 0.25) is 0 Å². The molecule has 5 nitrogen and oxygen atoms in total. The van der Waals surface area contributed by atoms with Crippen molar-refractivity contribution in [2.45, 2.75) is 6.92 Å². The van der Waals surface area contributed by atoms with Crippen molar-refractivity contribution in [2.75, 3.05) is 5.73 Å². The van der Waals surface area contributed by atoms with Crippen molar-refractivity contribution in [1.29, 1.82) is 0 Å². The van der Waals surface area contributed by atoms with Gasteiger partial charge in [-0.25, -0.2) is 0 Å². The van der Waals surface area contributed by atoms with E-state index in [4.69, 9.17) is 5.73 Å². The smallest absolute Gasteiger partial charge is 0.314 e. The molecule has 0 spiro atoms. The van der Waals surface area contributed by atoms with Gasteiger partial charge in [-0.05, 0) is 24.6 Å². The SMILES string of the molecule is Cc1cc(N)cc2[nH]c(=O)c(=O)[nH]c12. The zero-order valence-corrected chi connectivity index (χ0v) is 7.55. The Kier molecular flexibility index (Phi) is 1.67. The maximum Gasteiger partial charge on any atom is 0.314 e. The number of anilines is 1. The van der Waals surface area contributed by atoms with E-state index in [0.29, 0.717) is 16.7 Å². The van der Waals surface area contributed by atoms with Crippen molar-refractivity contribution in [2.24, 2.45) is 0 Å². The fourth-order valence-electron chi connectivity index (χ4n) is 1.43. The molecule has 2 rings (SSSR count). The second-order valence-electron chi connectivity index (χ2n) is 3.17. The van der Waals surface area contributed by atoms with Crippen molar-refractivity contribution in [3.8, 4) is 0 Å². The van der Waals surface area contributed by atoms with Gasteiger partial charge in [0.05, 0.1) is 11.0 Å². The lowest BCUT2D eigenvalue weighted by Gasteiger charge is -2.02. The number of aryl methyl sites for hydroxylation is 1. The first-order valence-electron chi connectivity index (χ1n) is 4.10. The standard InChI is InChI=1S/C9H9N3O2/c1-4-2-5(10)3-6-7(4)12-9(14)8(13)11-6/h2-3H,10H2,1H3,(H,11,13)(H,12,14). The van der Waals surface area contributed by atoms with Gasteiger partial charge in [-0.3, -0.25) is 9.59 Å². The molecule has 0 atom stereocenters. The highest BCUT2D eigenvalue weighted by molar-refractivity contribution is 5.81. The molecule has 1 heterocycles. The fourth-order valence-corrected chi connectivity index (χ4v) is 1.43. The number of aromatic nitrogens is 2. The molecule has 0 saturated carbocycles. The van der Waals surface area contributed by atoms with E-state index in [1.807, 2.05) is 6.92 Å². The minimum atomic E-state index is -0.664. The number of nitrogen functional groups attached to an aromatic ring is 1. The molecule has 0 bridgehead atoms. The van der Waals surface area contributed by atoms with Crippen LogP contribution in [0.4, 0.5) is 5.69 Å². The predicted molar refractivity (Wildman–Crippen MR) is 54.3 cm³/mol. The Morgan fingerprint density at radius 3 is 2.50 bits per heavy atom. The molecular formula is C9H9N3O2. The third kappa shape index (κ3) is 1.19. The maximum atomic E-state index is 11.0. The number of rotatable bonds is 0. The monoisotopic (exact) mass is 191 g/mol. The van der Waals surface area contributed by atoms with Gasteiger partial charge in [-0.2, -0.15) is 0 Å². The van der Waals surface area contributed by atoms with Crippen LogP contribution in [-0.4, -0.2) is 9.97 Å². The first-order valence-corrected chi connectivity index (χ1v) is 4.10. The Morgan fingerprint density at radius 1 is 1.14 bits per heavy atom. The van der Waals surface area contributed by atoms with E-state index < -0.39 is 11.1 Å². The Morgan fingerprint density at radius 2 is 1.79 bits per heavy atom. The van der Waals surface area contributed by atoms with Crippen molar-refractivity contribution in [3.05, 3.63) is 38.4 Å². The average Bonchev–Trinajstić information content (AvgIpc) is 2.08. The molecule has 0 aliphatic heterocycles. The van der Waals surface area contributed by atoms with Crippen LogP contribution in [0, 0.1) is 6.92 Å². The number of nitrogens with one attached hydrogen (secondary N) is 2. The summed E-state index contributed by atoms with van der Waals surface area (Å²) in [6.45, 7) is 1.81. The van der Waals surface area contributed by atoms with Gasteiger partial charge in [-0.1, -0.05) is 0 Å². The summed E-state index contributed by atoms with van der Waals surface area (Å²) < 4.78 is 0. The summed E-state index contributed by atoms with van der Waals surface area (Å²) in [6, 6.07) is 3.34. The first-order chi connectivity index (χ1) is 6.58. The van der Waals surface area contributed by atoms with Crippen LogP contribution in [0.25, 0.3) is 11.0 Å². The molecule has 1 aromatic heterocycles. The molecule has 4 N–H and O–H groups in total. The molecule has 5 heteroatoms. The lowest BCUT2D eigenvalue weighted by atomic mass is 10.2. The molecule has 14 heavy (non-hydrogen) atoms. The van der Waals surface area contributed by atoms with Gasteiger partial charge < -0.3 is 15.7 Å². The molecule has 1 aromatic carbocycles. The summed E-state index contributed by atoms with van der Waals surface area (Å²) in [5.41, 5.74) is 6.83. The number of aromatic amines is 2. The normalized spacial score (nSPS) is 10.6. The fraction of sp³-hybridized carbons (Fsp3) is 0.111. The molecular weight excluding hydrogens is 182 g/mol. The van der Waals surface area contributed by atoms with E-state index in [0.717, 1.165) is 5.56 Å². The van der Waals surface area contributed by atoms with E-state index in [1.54, 1.807) is 12.1 Å². The number of hydrogen-bond donors (Lipinski definition) is 3. The molecule has 72 valence electrons. The second kappa shape index (κ2) is 2.73. The van der Waals surface area contributed by atoms with Crippen molar-refractivity contribution < 1.29 is 0 Å². The van der Waals surface area contributed by atoms with Gasteiger partial charge in [0.1, 0.15) is 0 Å². The topological polar surface area (TPSA) is 91.7 Å². The van der Waals surface area contributed by atoms with Crippen LogP contribution in [0.15, 0.2) is 21.7 Å². The van der Waals surface area contributed by atoms with Gasteiger partial charge in [-0.15, -0.1) is 0 Å². The van der Waals surface area contributed by atoms with Crippen LogP contribution < -0.4 is 16.9 Å². The highest BCUT2D eigenvalue weighted by Gasteiger charge is 2.02. The molecule has 0 aliphatic carbocycles. The lowest BCUT2D eigenvalue weighted by Crippen LogP contribution is -2.29. The highest BCUT2D eigenvalue weighted by Crippen LogP contribution is 2.15. The summed E-state index contributed by atoms with van der Waals surface area (Å²) in [5.74, 6) is 0. The molecule has 0 amide bonds. The Hall–Kier alpha value is -2.04. The van der Waals surface area contributed by atoms with Crippen molar-refractivity contribution in [3.63, 3.8) is 0 Å². The van der Waals surface area contributed by atoms with Gasteiger partial charge >= 0.3 is 11.1 Å². The number of benzene rings is 1. The third-order valence-electron chi connectivity index (χ3n) is 2.05. The zero-order chi connectivity index (χ0) is 10.3. The minimum absolute atomic E-state index is 0.548. The van der Waals surface area contributed by atoms with Crippen LogP contribution in [0.3, 0.4) is 0 Å². The number of fused-ring (bicyclic) bond motifs is 1. The zero-order valence-electron chi connectivity index (χ0n) is 7.55. The van der Waals surface area contributed by atoms with E-state index in [2.05, 4.69) is 9.97 Å². The van der Waals surface area contributed by atoms with Gasteiger partial charge in [0.25, 0.3) is 0 Å². The third-order valence-corrected chi connectivity index (χ3v) is 2.05. The van der Waals surface area contributed by atoms with Gasteiger partial charge in [0.2, 0.25) is 0 Å². The Bertz CT molecular complexity index is 609. The summed E-state index contributed by atoms with van der Waals surface area (Å²) in [7, 11) is 0. The van der Waals surface area contributed by atoms with E-state index in [9.17, 15) is 9.59 Å². The maximum absolute atomic E-state index is 11.0. The predicted octanol–water partition coefficient (Wildman–Crippen LogP) is 0.107. The molecule has 0 saturated heterocycles. The quantitative estimate of drug-likeness (QED) is 0.407. The summed E-state index contributed by atoms with van der Waals surface area (Å²) in [5, 5.41) is 0. The number of hydrogen-bond acceptors (Lipinski definition) is 3. The molecule has 2 aromatic rings. The average molecular weight is 191 g/mol. The largest absolute Gasteiger partial charge is 0.399 e. The minimum Gasteiger partial charge on any atom is -0.399 e. The second-order valence-corrected chi connectivity index (χ2v) is 3.17. The number of H-pyrrole nitrogens is 2. The van der Waals surface area contributed by atoms with Crippen LogP contribution in [-0.2, 0) is 0 Å². The van der Waals surface area contributed by atoms with Crippen molar-refractivity contribution in [1.82, 2.24) is 9.97 Å². The molecule has 0 radical (unpaired) electrons. The van der Waals surface area contributed by atoms with Gasteiger partial charge in [0.15, 0.2) is 0 Å². The molecule has 0 unspecified atom stereocenters. The lowest BCUT2D eigenvalue weighted by molar-refractivity contribution is 1.14. The highest BCUT2D eigenvalue weighted by atomic mass is 16.2. The molecule has 0 fully saturated rings. The van der Waals surface area contributed by atoms with E-state index in [1.165, 1.54) is 0 Å². The first kappa shape index (κ1) is 8.55. The summed E-state index contributed by atoms with van der Waals surface area (Å²) >= 11 is 0. The van der Waals surface area contributed by atoms with E-state index in [-0.39, 0.29) is 0 Å². The van der Waals surface area contributed by atoms with Gasteiger partial charge in [0, 0.05) is 5.69 Å². The number of nitrogens with two attached hydrogens (primary N) is 1. The Balaban J connectivity index is 3.03. The van der Waals surface area contributed by atoms with Crippen molar-refractivity contribution >= 4 is 16.7 Å². The van der Waals surface area contributed by atoms with E-state index >= 15 is 0 Å². The summed E-state index contributed by atoms with van der Waals surface area (Å²) in [6.07, 6.45) is 0. The summed E-state index contributed by atoms with van der Waals surface area (Å²) in [4.78, 5) is 27.0. The Labute approximate surface area is 78.6 Å². The van der Waals surface area contributed by atoms with Crippen LogP contribution >= 0.6 is 0 Å². The molecule has 0 aliphatic rings.